The minimum atomic E-state index is 0. The molecule has 2 aliphatic heterocycles. The van der Waals surface area contributed by atoms with Gasteiger partial charge >= 0.3 is 0 Å². The maximum absolute atomic E-state index is 12.3. The fourth-order valence-corrected chi connectivity index (χ4v) is 3.42. The van der Waals surface area contributed by atoms with Gasteiger partial charge in [-0.25, -0.2) is 0 Å². The molecule has 0 aromatic carbocycles. The molecule has 0 aromatic rings. The van der Waals surface area contributed by atoms with Gasteiger partial charge in [0.1, 0.15) is 0 Å². The highest BCUT2D eigenvalue weighted by atomic mass is 35.5. The van der Waals surface area contributed by atoms with Crippen LogP contribution in [0.15, 0.2) is 0 Å². The number of amides is 1. The number of rotatable bonds is 6. The SMILES string of the molecule is CCCCN(C)CC1CCN(C(=O)C2CCNC2)CC1.Cl.Cl. The molecular weight excluding hydrogens is 321 g/mol. The molecule has 0 saturated carbocycles. The second-order valence-electron chi connectivity index (χ2n) is 6.57. The normalized spacial score (nSPS) is 22.3. The Hall–Kier alpha value is -0.0300. The van der Waals surface area contributed by atoms with Gasteiger partial charge in [-0.3, -0.25) is 4.79 Å². The van der Waals surface area contributed by atoms with Gasteiger partial charge in [-0.15, -0.1) is 24.8 Å². The van der Waals surface area contributed by atoms with Gasteiger partial charge in [-0.2, -0.15) is 0 Å². The molecule has 0 spiro atoms. The topological polar surface area (TPSA) is 35.6 Å². The highest BCUT2D eigenvalue weighted by Crippen LogP contribution is 2.21. The molecule has 2 saturated heterocycles. The summed E-state index contributed by atoms with van der Waals surface area (Å²) in [6, 6.07) is 0. The van der Waals surface area contributed by atoms with E-state index in [1.165, 1.54) is 38.8 Å². The van der Waals surface area contributed by atoms with E-state index < -0.39 is 0 Å². The molecule has 4 nitrogen and oxygen atoms in total. The van der Waals surface area contributed by atoms with Crippen LogP contribution in [0, 0.1) is 11.8 Å². The number of carbonyl (C=O) groups excluding carboxylic acids is 1. The van der Waals surface area contributed by atoms with Crippen molar-refractivity contribution in [2.24, 2.45) is 11.8 Å². The van der Waals surface area contributed by atoms with Crippen molar-refractivity contribution in [2.45, 2.75) is 39.0 Å². The van der Waals surface area contributed by atoms with Crippen LogP contribution in [0.2, 0.25) is 0 Å². The summed E-state index contributed by atoms with van der Waals surface area (Å²) in [4.78, 5) is 16.9. The second kappa shape index (κ2) is 11.5. The lowest BCUT2D eigenvalue weighted by molar-refractivity contribution is -0.136. The van der Waals surface area contributed by atoms with Crippen LogP contribution >= 0.6 is 24.8 Å². The van der Waals surface area contributed by atoms with E-state index in [0.29, 0.717) is 5.91 Å². The molecule has 22 heavy (non-hydrogen) atoms. The van der Waals surface area contributed by atoms with Crippen molar-refractivity contribution in [1.82, 2.24) is 15.1 Å². The molecule has 1 unspecified atom stereocenters. The standard InChI is InChI=1S/C16H31N3O.2ClH/c1-3-4-9-18(2)13-14-6-10-19(11-7-14)16(20)15-5-8-17-12-15;;/h14-15,17H,3-13H2,1-2H3;2*1H. The molecule has 2 aliphatic rings. The largest absolute Gasteiger partial charge is 0.342 e. The minimum absolute atomic E-state index is 0. The zero-order valence-electron chi connectivity index (χ0n) is 14.1. The first-order chi connectivity index (χ1) is 9.70. The summed E-state index contributed by atoms with van der Waals surface area (Å²) in [5.41, 5.74) is 0. The van der Waals surface area contributed by atoms with E-state index in [1.807, 2.05) is 0 Å². The number of unbranched alkanes of at least 4 members (excludes halogenated alkanes) is 1. The lowest BCUT2D eigenvalue weighted by Gasteiger charge is -2.35. The van der Waals surface area contributed by atoms with Crippen LogP contribution in [-0.2, 0) is 4.79 Å². The molecular formula is C16H33Cl2N3O. The third-order valence-electron chi connectivity index (χ3n) is 4.80. The van der Waals surface area contributed by atoms with Crippen LogP contribution in [0.25, 0.3) is 0 Å². The summed E-state index contributed by atoms with van der Waals surface area (Å²) < 4.78 is 0. The molecule has 2 heterocycles. The highest BCUT2D eigenvalue weighted by Gasteiger charge is 2.30. The van der Waals surface area contributed by atoms with Crippen LogP contribution in [0.4, 0.5) is 0 Å². The second-order valence-corrected chi connectivity index (χ2v) is 6.57. The Morgan fingerprint density at radius 1 is 1.23 bits per heavy atom. The summed E-state index contributed by atoms with van der Waals surface area (Å²) in [5, 5.41) is 3.29. The third kappa shape index (κ3) is 6.61. The lowest BCUT2D eigenvalue weighted by atomic mass is 9.95. The van der Waals surface area contributed by atoms with E-state index in [1.54, 1.807) is 0 Å². The minimum Gasteiger partial charge on any atom is -0.342 e. The van der Waals surface area contributed by atoms with Crippen LogP contribution in [0.3, 0.4) is 0 Å². The quantitative estimate of drug-likeness (QED) is 0.796. The maximum atomic E-state index is 12.3. The third-order valence-corrected chi connectivity index (χ3v) is 4.80. The van der Waals surface area contributed by atoms with Crippen LogP contribution in [0.1, 0.15) is 39.0 Å². The van der Waals surface area contributed by atoms with Gasteiger partial charge in [0.05, 0.1) is 5.92 Å². The number of carbonyl (C=O) groups is 1. The van der Waals surface area contributed by atoms with Gasteiger partial charge in [0.2, 0.25) is 5.91 Å². The molecule has 0 aromatic heterocycles. The molecule has 2 fully saturated rings. The maximum Gasteiger partial charge on any atom is 0.227 e. The van der Waals surface area contributed by atoms with Crippen molar-refractivity contribution >= 4 is 30.7 Å². The van der Waals surface area contributed by atoms with Gasteiger partial charge in [0, 0.05) is 26.2 Å². The summed E-state index contributed by atoms with van der Waals surface area (Å²) >= 11 is 0. The average molecular weight is 354 g/mol. The smallest absolute Gasteiger partial charge is 0.227 e. The number of halogens is 2. The van der Waals surface area contributed by atoms with Gasteiger partial charge < -0.3 is 15.1 Å². The first-order valence-electron chi connectivity index (χ1n) is 8.38. The molecule has 0 bridgehead atoms. The van der Waals surface area contributed by atoms with Gasteiger partial charge in [-0.05, 0) is 51.7 Å². The van der Waals surface area contributed by atoms with Crippen molar-refractivity contribution in [2.75, 3.05) is 46.3 Å². The van der Waals surface area contributed by atoms with Gasteiger partial charge in [0.15, 0.2) is 0 Å². The summed E-state index contributed by atoms with van der Waals surface area (Å²) in [7, 11) is 2.23. The molecule has 1 N–H and O–H groups in total. The zero-order valence-corrected chi connectivity index (χ0v) is 15.7. The fraction of sp³-hybridized carbons (Fsp3) is 0.938. The Morgan fingerprint density at radius 3 is 2.45 bits per heavy atom. The molecule has 6 heteroatoms. The zero-order chi connectivity index (χ0) is 14.4. The molecule has 0 aliphatic carbocycles. The van der Waals surface area contributed by atoms with E-state index in [4.69, 9.17) is 0 Å². The number of hydrogen-bond donors (Lipinski definition) is 1. The highest BCUT2D eigenvalue weighted by molar-refractivity contribution is 5.85. The van der Waals surface area contributed by atoms with E-state index in [0.717, 1.165) is 38.5 Å². The van der Waals surface area contributed by atoms with Gasteiger partial charge in [0.25, 0.3) is 0 Å². The first kappa shape index (κ1) is 22.0. The Labute approximate surface area is 148 Å². The van der Waals surface area contributed by atoms with Crippen molar-refractivity contribution in [3.8, 4) is 0 Å². The van der Waals surface area contributed by atoms with Crippen molar-refractivity contribution in [3.63, 3.8) is 0 Å². The van der Waals surface area contributed by atoms with Crippen LogP contribution in [-0.4, -0.2) is 62.0 Å². The van der Waals surface area contributed by atoms with Crippen molar-refractivity contribution in [1.29, 1.82) is 0 Å². The van der Waals surface area contributed by atoms with Crippen molar-refractivity contribution in [3.05, 3.63) is 0 Å². The van der Waals surface area contributed by atoms with Crippen molar-refractivity contribution < 1.29 is 4.79 Å². The number of piperidine rings is 1. The molecule has 1 amide bonds. The Kier molecular flexibility index (Phi) is 11.5. The summed E-state index contributed by atoms with van der Waals surface area (Å²) in [6.07, 6.45) is 5.96. The monoisotopic (exact) mass is 353 g/mol. The summed E-state index contributed by atoms with van der Waals surface area (Å²) in [5.74, 6) is 1.43. The lowest BCUT2D eigenvalue weighted by Crippen LogP contribution is -2.44. The van der Waals surface area contributed by atoms with E-state index in [2.05, 4.69) is 29.1 Å². The van der Waals surface area contributed by atoms with Crippen LogP contribution < -0.4 is 5.32 Å². The first-order valence-corrected chi connectivity index (χ1v) is 8.38. The van der Waals surface area contributed by atoms with E-state index >= 15 is 0 Å². The van der Waals surface area contributed by atoms with E-state index in [-0.39, 0.29) is 30.7 Å². The molecule has 132 valence electrons. The Bertz CT molecular complexity index is 304. The molecule has 2 rings (SSSR count). The Morgan fingerprint density at radius 2 is 1.91 bits per heavy atom. The van der Waals surface area contributed by atoms with Crippen LogP contribution in [0.5, 0.6) is 0 Å². The number of nitrogens with one attached hydrogen (secondary N) is 1. The van der Waals surface area contributed by atoms with Gasteiger partial charge in [-0.1, -0.05) is 13.3 Å². The number of nitrogens with zero attached hydrogens (tertiary/aromatic N) is 2. The Balaban J connectivity index is 0.00000220. The van der Waals surface area contributed by atoms with E-state index in [9.17, 15) is 4.79 Å². The number of likely N-dealkylation sites (tertiary alicyclic amines) is 1. The number of hydrogen-bond acceptors (Lipinski definition) is 3. The average Bonchev–Trinajstić information content (AvgIpc) is 2.99. The summed E-state index contributed by atoms with van der Waals surface area (Å²) in [6.45, 7) is 8.50. The fourth-order valence-electron chi connectivity index (χ4n) is 3.42. The molecule has 0 radical (unpaired) electrons. The predicted molar refractivity (Wildman–Crippen MR) is 97.2 cm³/mol. The molecule has 1 atom stereocenters. The predicted octanol–water partition coefficient (Wildman–Crippen LogP) is 2.41.